The Morgan fingerprint density at radius 2 is 2.17 bits per heavy atom. The van der Waals surface area contributed by atoms with Gasteiger partial charge in [-0.3, -0.25) is 4.79 Å². The summed E-state index contributed by atoms with van der Waals surface area (Å²) in [4.78, 5) is 12.0. The quantitative estimate of drug-likeness (QED) is 0.576. The molecule has 1 saturated heterocycles. The number of nitrogens with one attached hydrogen (secondary N) is 1. The number of carbonyl (C=O) groups excluding carboxylic acids is 1. The van der Waals surface area contributed by atoms with Crippen molar-refractivity contribution in [2.24, 2.45) is 5.92 Å². The van der Waals surface area contributed by atoms with Crippen LogP contribution in [0, 0.1) is 5.92 Å². The Hall–Kier alpha value is -1.36. The Kier molecular flexibility index (Phi) is 4.36. The minimum Gasteiger partial charge on any atom is -0.508 e. The van der Waals surface area contributed by atoms with E-state index in [4.69, 9.17) is 5.73 Å². The summed E-state index contributed by atoms with van der Waals surface area (Å²) in [5.74, 6) is 2.77. The average Bonchev–Trinajstić information content (AvgIpc) is 2.40. The van der Waals surface area contributed by atoms with Crippen molar-refractivity contribution in [2.75, 3.05) is 23.8 Å². The topological polar surface area (TPSA) is 75.3 Å². The summed E-state index contributed by atoms with van der Waals surface area (Å²) in [5.41, 5.74) is 6.46. The first-order valence-corrected chi connectivity index (χ1v) is 7.26. The van der Waals surface area contributed by atoms with Crippen LogP contribution in [0.15, 0.2) is 18.2 Å². The molecule has 18 heavy (non-hydrogen) atoms. The summed E-state index contributed by atoms with van der Waals surface area (Å²) in [5, 5.41) is 12.3. The van der Waals surface area contributed by atoms with Crippen LogP contribution in [0.3, 0.4) is 0 Å². The van der Waals surface area contributed by atoms with E-state index in [1.807, 2.05) is 11.8 Å². The number of anilines is 1. The molecule has 1 aliphatic rings. The smallest absolute Gasteiger partial charge is 0.253 e. The number of phenols is 1. The molecule has 0 radical (unpaired) electrons. The number of thioether (sulfide) groups is 1. The van der Waals surface area contributed by atoms with Crippen molar-refractivity contribution in [1.82, 2.24) is 5.32 Å². The lowest BCUT2D eigenvalue weighted by molar-refractivity contribution is 0.0947. The molecule has 5 heteroatoms. The SMILES string of the molecule is Nc1ccc(O)cc1C(=O)NCC1CCSCC1. The Bertz CT molecular complexity index is 431. The maximum Gasteiger partial charge on any atom is 0.253 e. The molecule has 1 aromatic carbocycles. The normalized spacial score (nSPS) is 16.4. The molecule has 0 unspecified atom stereocenters. The maximum atomic E-state index is 12.0. The highest BCUT2D eigenvalue weighted by molar-refractivity contribution is 7.99. The molecule has 1 fully saturated rings. The van der Waals surface area contributed by atoms with Crippen molar-refractivity contribution < 1.29 is 9.90 Å². The van der Waals surface area contributed by atoms with Crippen LogP contribution in [0.4, 0.5) is 5.69 Å². The number of phenolic OH excluding ortho intramolecular Hbond substituents is 1. The molecule has 0 spiro atoms. The van der Waals surface area contributed by atoms with Gasteiger partial charge >= 0.3 is 0 Å². The predicted molar refractivity (Wildman–Crippen MR) is 74.9 cm³/mol. The zero-order valence-corrected chi connectivity index (χ0v) is 11.0. The average molecular weight is 266 g/mol. The standard InChI is InChI=1S/C13H18N2O2S/c14-12-2-1-10(16)7-11(12)13(17)15-8-9-3-5-18-6-4-9/h1-2,7,9,16H,3-6,8,14H2,(H,15,17). The van der Waals surface area contributed by atoms with Gasteiger partial charge in [0.25, 0.3) is 5.91 Å². The Balaban J connectivity index is 1.92. The summed E-state index contributed by atoms with van der Waals surface area (Å²) in [7, 11) is 0. The monoisotopic (exact) mass is 266 g/mol. The molecular weight excluding hydrogens is 248 g/mol. The predicted octanol–water partition coefficient (Wildman–Crippen LogP) is 1.85. The number of aromatic hydroxyl groups is 1. The number of benzene rings is 1. The molecular formula is C13H18N2O2S. The van der Waals surface area contributed by atoms with Crippen molar-refractivity contribution in [3.05, 3.63) is 23.8 Å². The van der Waals surface area contributed by atoms with Crippen LogP contribution < -0.4 is 11.1 Å². The number of amides is 1. The summed E-state index contributed by atoms with van der Waals surface area (Å²) in [6.45, 7) is 0.689. The second-order valence-corrected chi connectivity index (χ2v) is 5.76. The molecule has 0 atom stereocenters. The number of carbonyl (C=O) groups is 1. The van der Waals surface area contributed by atoms with Gasteiger partial charge in [0, 0.05) is 12.2 Å². The number of rotatable bonds is 3. The van der Waals surface area contributed by atoms with Gasteiger partial charge in [-0.25, -0.2) is 0 Å². The highest BCUT2D eigenvalue weighted by Crippen LogP contribution is 2.22. The lowest BCUT2D eigenvalue weighted by atomic mass is 10.0. The van der Waals surface area contributed by atoms with Crippen LogP contribution in [0.1, 0.15) is 23.2 Å². The van der Waals surface area contributed by atoms with Crippen molar-refractivity contribution in [3.8, 4) is 5.75 Å². The number of nitrogens with two attached hydrogens (primary N) is 1. The molecule has 0 aliphatic carbocycles. The molecule has 2 rings (SSSR count). The summed E-state index contributed by atoms with van der Waals surface area (Å²) in [6, 6.07) is 4.42. The summed E-state index contributed by atoms with van der Waals surface area (Å²) >= 11 is 1.97. The molecule has 0 saturated carbocycles. The van der Waals surface area contributed by atoms with E-state index in [-0.39, 0.29) is 11.7 Å². The van der Waals surface area contributed by atoms with E-state index in [0.717, 1.165) is 12.8 Å². The highest BCUT2D eigenvalue weighted by Gasteiger charge is 2.16. The number of nitrogen functional groups attached to an aromatic ring is 1. The molecule has 1 heterocycles. The Labute approximate surface area is 111 Å². The van der Waals surface area contributed by atoms with Crippen LogP contribution in [0.5, 0.6) is 5.75 Å². The Morgan fingerprint density at radius 1 is 1.44 bits per heavy atom. The largest absolute Gasteiger partial charge is 0.508 e. The molecule has 0 aromatic heterocycles. The lowest BCUT2D eigenvalue weighted by Crippen LogP contribution is -2.31. The van der Waals surface area contributed by atoms with Crippen LogP contribution in [-0.2, 0) is 0 Å². The minimum absolute atomic E-state index is 0.0587. The fraction of sp³-hybridized carbons (Fsp3) is 0.462. The third-order valence-electron chi connectivity index (χ3n) is 3.17. The zero-order valence-electron chi connectivity index (χ0n) is 10.2. The van der Waals surface area contributed by atoms with Gasteiger partial charge in [0.2, 0.25) is 0 Å². The Morgan fingerprint density at radius 3 is 2.89 bits per heavy atom. The molecule has 1 aliphatic heterocycles. The van der Waals surface area contributed by atoms with Gasteiger partial charge in [0.05, 0.1) is 5.56 Å². The van der Waals surface area contributed by atoms with E-state index in [0.29, 0.717) is 23.7 Å². The molecule has 1 aromatic rings. The third kappa shape index (κ3) is 3.32. The van der Waals surface area contributed by atoms with E-state index in [9.17, 15) is 9.90 Å². The molecule has 4 nitrogen and oxygen atoms in total. The molecule has 98 valence electrons. The zero-order chi connectivity index (χ0) is 13.0. The highest BCUT2D eigenvalue weighted by atomic mass is 32.2. The summed E-state index contributed by atoms with van der Waals surface area (Å²) in [6.07, 6.45) is 2.31. The van der Waals surface area contributed by atoms with Crippen molar-refractivity contribution >= 4 is 23.4 Å². The fourth-order valence-electron chi connectivity index (χ4n) is 2.02. The molecule has 1 amide bonds. The van der Waals surface area contributed by atoms with Gasteiger partial charge < -0.3 is 16.2 Å². The lowest BCUT2D eigenvalue weighted by Gasteiger charge is -2.21. The van der Waals surface area contributed by atoms with Crippen molar-refractivity contribution in [2.45, 2.75) is 12.8 Å². The van der Waals surface area contributed by atoms with Gasteiger partial charge in [0.15, 0.2) is 0 Å². The van der Waals surface area contributed by atoms with Gasteiger partial charge in [-0.1, -0.05) is 0 Å². The van der Waals surface area contributed by atoms with Gasteiger partial charge in [-0.05, 0) is 48.5 Å². The van der Waals surface area contributed by atoms with Gasteiger partial charge in [-0.2, -0.15) is 11.8 Å². The van der Waals surface area contributed by atoms with Crippen molar-refractivity contribution in [3.63, 3.8) is 0 Å². The van der Waals surface area contributed by atoms with Crippen LogP contribution in [-0.4, -0.2) is 29.1 Å². The summed E-state index contributed by atoms with van der Waals surface area (Å²) < 4.78 is 0. The van der Waals surface area contributed by atoms with Crippen LogP contribution in [0.2, 0.25) is 0 Å². The van der Waals surface area contributed by atoms with E-state index in [1.54, 1.807) is 6.07 Å². The van der Waals surface area contributed by atoms with E-state index >= 15 is 0 Å². The maximum absolute atomic E-state index is 12.0. The van der Waals surface area contributed by atoms with E-state index < -0.39 is 0 Å². The van der Waals surface area contributed by atoms with E-state index in [1.165, 1.54) is 23.6 Å². The fourth-order valence-corrected chi connectivity index (χ4v) is 3.23. The molecule has 4 N–H and O–H groups in total. The number of hydrogen-bond donors (Lipinski definition) is 3. The van der Waals surface area contributed by atoms with Gasteiger partial charge in [-0.15, -0.1) is 0 Å². The third-order valence-corrected chi connectivity index (χ3v) is 4.22. The van der Waals surface area contributed by atoms with Gasteiger partial charge in [0.1, 0.15) is 5.75 Å². The second kappa shape index (κ2) is 6.00. The first-order chi connectivity index (χ1) is 8.66. The van der Waals surface area contributed by atoms with Crippen LogP contribution in [0.25, 0.3) is 0 Å². The van der Waals surface area contributed by atoms with E-state index in [2.05, 4.69) is 5.32 Å². The second-order valence-electron chi connectivity index (χ2n) is 4.54. The minimum atomic E-state index is -0.207. The first kappa shape index (κ1) is 13.1. The first-order valence-electron chi connectivity index (χ1n) is 6.11. The van der Waals surface area contributed by atoms with Crippen molar-refractivity contribution in [1.29, 1.82) is 0 Å². The van der Waals surface area contributed by atoms with Crippen LogP contribution >= 0.6 is 11.8 Å². The molecule has 0 bridgehead atoms. The number of hydrogen-bond acceptors (Lipinski definition) is 4.